The molecule has 0 amide bonds. The average molecular weight is 433 g/mol. The van der Waals surface area contributed by atoms with Crippen molar-refractivity contribution >= 4 is 11.8 Å². The Kier molecular flexibility index (Phi) is 7.44. The van der Waals surface area contributed by atoms with Gasteiger partial charge in [-0.2, -0.15) is 11.8 Å². The molecule has 3 aliphatic carbocycles. The van der Waals surface area contributed by atoms with Crippen molar-refractivity contribution in [3.05, 3.63) is 47.1 Å². The molecule has 0 heterocycles. The molecule has 2 saturated carbocycles. The van der Waals surface area contributed by atoms with Crippen molar-refractivity contribution in [1.82, 2.24) is 0 Å². The van der Waals surface area contributed by atoms with Gasteiger partial charge in [0.15, 0.2) is 0 Å². The van der Waals surface area contributed by atoms with Gasteiger partial charge in [-0.1, -0.05) is 42.9 Å². The summed E-state index contributed by atoms with van der Waals surface area (Å²) in [6.07, 6.45) is 12.2. The number of aliphatic hydroxyl groups is 3. The second-order valence-electron chi connectivity index (χ2n) is 10.4. The van der Waals surface area contributed by atoms with E-state index in [2.05, 4.69) is 38.7 Å². The van der Waals surface area contributed by atoms with Crippen LogP contribution in [0.25, 0.3) is 0 Å². The maximum Gasteiger partial charge on any atom is 0.0811 e. The standard InChI is InChI=1S/C26H40O3S/c1-17-20(15-21(27)16-24(17)28)9-8-19-7-6-12-26(5)22(10-11-23(19)26)18(2)30-14-13-25(3,4)29/h8-10,18,21,23-24,27-29H,1,6-7,11-16H2,2-5H3/b19-8+,20-9-/t18?,21?,23-,24?,26+/m0/s1. The van der Waals surface area contributed by atoms with Crippen LogP contribution in [-0.2, 0) is 0 Å². The van der Waals surface area contributed by atoms with Crippen LogP contribution in [0.2, 0.25) is 0 Å². The van der Waals surface area contributed by atoms with Crippen LogP contribution in [-0.4, -0.2) is 44.1 Å². The summed E-state index contributed by atoms with van der Waals surface area (Å²) >= 11 is 1.97. The molecule has 0 aromatic carbocycles. The van der Waals surface area contributed by atoms with Gasteiger partial charge in [0.05, 0.1) is 17.8 Å². The molecule has 30 heavy (non-hydrogen) atoms. The van der Waals surface area contributed by atoms with Crippen LogP contribution in [0.5, 0.6) is 0 Å². The molecular formula is C26H40O3S. The fourth-order valence-electron chi connectivity index (χ4n) is 5.52. The van der Waals surface area contributed by atoms with E-state index in [9.17, 15) is 15.3 Å². The van der Waals surface area contributed by atoms with Gasteiger partial charge in [0.25, 0.3) is 0 Å². The highest BCUT2D eigenvalue weighted by Gasteiger charge is 2.46. The first kappa shape index (κ1) is 23.8. The Hall–Kier alpha value is -0.810. The predicted octanol–water partition coefficient (Wildman–Crippen LogP) is 5.33. The van der Waals surface area contributed by atoms with Gasteiger partial charge in [-0.15, -0.1) is 0 Å². The van der Waals surface area contributed by atoms with E-state index in [1.807, 2.05) is 25.6 Å². The van der Waals surface area contributed by atoms with E-state index in [0.29, 0.717) is 24.0 Å². The van der Waals surface area contributed by atoms with Crippen LogP contribution in [0.4, 0.5) is 0 Å². The van der Waals surface area contributed by atoms with Gasteiger partial charge in [0, 0.05) is 11.7 Å². The highest BCUT2D eigenvalue weighted by Crippen LogP contribution is 2.56. The summed E-state index contributed by atoms with van der Waals surface area (Å²) in [6, 6.07) is 0. The summed E-state index contributed by atoms with van der Waals surface area (Å²) in [5, 5.41) is 30.6. The zero-order valence-electron chi connectivity index (χ0n) is 19.2. The maximum absolute atomic E-state index is 10.1. The minimum absolute atomic E-state index is 0.215. The molecule has 3 rings (SSSR count). The molecule has 2 fully saturated rings. The minimum Gasteiger partial charge on any atom is -0.393 e. The molecule has 0 bridgehead atoms. The number of aliphatic hydroxyl groups excluding tert-OH is 2. The molecule has 3 nitrogen and oxygen atoms in total. The fraction of sp³-hybridized carbons (Fsp3) is 0.692. The molecule has 5 atom stereocenters. The first-order valence-electron chi connectivity index (χ1n) is 11.5. The molecule has 3 aliphatic rings. The SMILES string of the molecule is C=C1/C(=C\C=C2/CCC[C@]3(C)C(C(C)SCCC(C)(C)O)=CC[C@@H]23)CC(O)CC1O. The summed E-state index contributed by atoms with van der Waals surface area (Å²) in [6.45, 7) is 12.6. The fourth-order valence-corrected chi connectivity index (χ4v) is 7.04. The third kappa shape index (κ3) is 5.32. The van der Waals surface area contributed by atoms with Gasteiger partial charge in [-0.3, -0.25) is 0 Å². The van der Waals surface area contributed by atoms with E-state index in [1.165, 1.54) is 18.4 Å². The van der Waals surface area contributed by atoms with Crippen LogP contribution in [0.15, 0.2) is 47.1 Å². The van der Waals surface area contributed by atoms with Crippen molar-refractivity contribution in [3.8, 4) is 0 Å². The number of rotatable bonds is 6. The second kappa shape index (κ2) is 9.36. The van der Waals surface area contributed by atoms with Crippen LogP contribution < -0.4 is 0 Å². The topological polar surface area (TPSA) is 60.7 Å². The summed E-state index contributed by atoms with van der Waals surface area (Å²) in [5.41, 5.74) is 4.45. The van der Waals surface area contributed by atoms with Gasteiger partial charge in [-0.25, -0.2) is 0 Å². The minimum atomic E-state index is -0.628. The van der Waals surface area contributed by atoms with Crippen molar-refractivity contribution in [2.24, 2.45) is 11.3 Å². The van der Waals surface area contributed by atoms with Gasteiger partial charge in [0.2, 0.25) is 0 Å². The van der Waals surface area contributed by atoms with E-state index in [0.717, 1.165) is 36.2 Å². The lowest BCUT2D eigenvalue weighted by Crippen LogP contribution is -2.33. The number of hydrogen-bond acceptors (Lipinski definition) is 4. The summed E-state index contributed by atoms with van der Waals surface area (Å²) in [7, 11) is 0. The van der Waals surface area contributed by atoms with Crippen LogP contribution in [0.1, 0.15) is 72.6 Å². The van der Waals surface area contributed by atoms with Crippen molar-refractivity contribution in [3.63, 3.8) is 0 Å². The smallest absolute Gasteiger partial charge is 0.0811 e. The molecule has 0 saturated heterocycles. The number of fused-ring (bicyclic) bond motifs is 1. The third-order valence-electron chi connectivity index (χ3n) is 7.40. The van der Waals surface area contributed by atoms with E-state index in [1.54, 1.807) is 5.57 Å². The molecule has 0 aliphatic heterocycles. The van der Waals surface area contributed by atoms with Crippen molar-refractivity contribution in [1.29, 1.82) is 0 Å². The molecular weight excluding hydrogens is 392 g/mol. The van der Waals surface area contributed by atoms with Gasteiger partial charge in [0.1, 0.15) is 0 Å². The first-order chi connectivity index (χ1) is 14.0. The predicted molar refractivity (Wildman–Crippen MR) is 128 cm³/mol. The van der Waals surface area contributed by atoms with E-state index < -0.39 is 17.8 Å². The van der Waals surface area contributed by atoms with Gasteiger partial charge >= 0.3 is 0 Å². The largest absolute Gasteiger partial charge is 0.393 e. The highest BCUT2D eigenvalue weighted by molar-refractivity contribution is 8.00. The zero-order valence-corrected chi connectivity index (χ0v) is 20.0. The Balaban J connectivity index is 1.71. The zero-order chi connectivity index (χ0) is 22.1. The Labute approximate surface area is 187 Å². The molecule has 4 heteroatoms. The lowest BCUT2D eigenvalue weighted by molar-refractivity contribution is 0.0777. The Morgan fingerprint density at radius 3 is 2.77 bits per heavy atom. The summed E-state index contributed by atoms with van der Waals surface area (Å²) in [4.78, 5) is 0. The van der Waals surface area contributed by atoms with Gasteiger partial charge < -0.3 is 15.3 Å². The summed E-state index contributed by atoms with van der Waals surface area (Å²) in [5.74, 6) is 1.52. The normalized spacial score (nSPS) is 36.2. The van der Waals surface area contributed by atoms with Crippen molar-refractivity contribution in [2.75, 3.05) is 5.75 Å². The Bertz CT molecular complexity index is 742. The molecule has 168 valence electrons. The van der Waals surface area contributed by atoms with Crippen LogP contribution >= 0.6 is 11.8 Å². The molecule has 0 aromatic heterocycles. The van der Waals surface area contributed by atoms with E-state index in [-0.39, 0.29) is 5.41 Å². The Morgan fingerprint density at radius 2 is 2.07 bits per heavy atom. The summed E-state index contributed by atoms with van der Waals surface area (Å²) < 4.78 is 0. The Morgan fingerprint density at radius 1 is 1.33 bits per heavy atom. The van der Waals surface area contributed by atoms with E-state index in [4.69, 9.17) is 0 Å². The number of hydrogen-bond donors (Lipinski definition) is 3. The van der Waals surface area contributed by atoms with Crippen LogP contribution in [0, 0.1) is 11.3 Å². The first-order valence-corrected chi connectivity index (χ1v) is 12.6. The lowest BCUT2D eigenvalue weighted by atomic mass is 9.64. The van der Waals surface area contributed by atoms with Crippen molar-refractivity contribution < 1.29 is 15.3 Å². The lowest BCUT2D eigenvalue weighted by Gasteiger charge is -2.42. The molecule has 3 N–H and O–H groups in total. The highest BCUT2D eigenvalue weighted by atomic mass is 32.2. The van der Waals surface area contributed by atoms with Crippen LogP contribution in [0.3, 0.4) is 0 Å². The average Bonchev–Trinajstić information content (AvgIpc) is 3.00. The van der Waals surface area contributed by atoms with E-state index >= 15 is 0 Å². The second-order valence-corrected chi connectivity index (χ2v) is 11.8. The monoisotopic (exact) mass is 432 g/mol. The molecule has 3 unspecified atom stereocenters. The molecule has 0 spiro atoms. The van der Waals surface area contributed by atoms with Crippen molar-refractivity contribution in [2.45, 2.75) is 95.7 Å². The van der Waals surface area contributed by atoms with Gasteiger partial charge in [-0.05, 0) is 87.5 Å². The molecule has 0 radical (unpaired) electrons. The number of allylic oxidation sites excluding steroid dienone is 4. The molecule has 0 aromatic rings. The quantitative estimate of drug-likeness (QED) is 0.497. The number of thioether (sulfide) groups is 1. The third-order valence-corrected chi connectivity index (χ3v) is 8.59. The maximum atomic E-state index is 10.1.